The summed E-state index contributed by atoms with van der Waals surface area (Å²) in [5.74, 6) is 0.974. The van der Waals surface area contributed by atoms with E-state index in [0.717, 1.165) is 17.1 Å². The number of nitrogens with zero attached hydrogens (tertiary/aromatic N) is 2. The van der Waals surface area contributed by atoms with Crippen LogP contribution >= 0.6 is 0 Å². The topological polar surface area (TPSA) is 32.2 Å². The number of anilines is 1. The number of benzene rings is 4. The summed E-state index contributed by atoms with van der Waals surface area (Å²) in [5, 5.41) is 9.57. The molecule has 2 N–H and O–H groups in total. The minimum Gasteiger partial charge on any atom is -0.264 e. The van der Waals surface area contributed by atoms with Crippen LogP contribution in [-0.4, -0.2) is 5.84 Å². The SMILES string of the molecule is c1ccc(C2=NN(c3ccccc3)C(c3ccccc3)(c3ccccc3)[NH2+]2)cc1. The first kappa shape index (κ1) is 17.4. The molecule has 0 atom stereocenters. The fourth-order valence-electron chi connectivity index (χ4n) is 4.02. The first-order valence-electron chi connectivity index (χ1n) is 9.84. The lowest BCUT2D eigenvalue weighted by atomic mass is 9.90. The Morgan fingerprint density at radius 2 is 1.00 bits per heavy atom. The van der Waals surface area contributed by atoms with Gasteiger partial charge in [0.15, 0.2) is 0 Å². The summed E-state index contributed by atoms with van der Waals surface area (Å²) >= 11 is 0. The molecule has 0 aromatic heterocycles. The molecular weight excluding hydrogens is 354 g/mol. The van der Waals surface area contributed by atoms with E-state index in [0.29, 0.717) is 0 Å². The Balaban J connectivity index is 1.76. The van der Waals surface area contributed by atoms with E-state index < -0.39 is 5.66 Å². The average molecular weight is 376 g/mol. The first-order valence-corrected chi connectivity index (χ1v) is 9.84. The van der Waals surface area contributed by atoms with E-state index in [4.69, 9.17) is 5.10 Å². The largest absolute Gasteiger partial charge is 0.264 e. The maximum absolute atomic E-state index is 5.13. The minimum absolute atomic E-state index is 0.519. The molecular formula is C26H22N3+. The smallest absolute Gasteiger partial charge is 0.251 e. The van der Waals surface area contributed by atoms with Crippen LogP contribution < -0.4 is 10.3 Å². The Kier molecular flexibility index (Phi) is 4.43. The van der Waals surface area contributed by atoms with Crippen molar-refractivity contribution in [2.45, 2.75) is 5.66 Å². The molecule has 0 saturated heterocycles. The van der Waals surface area contributed by atoms with Crippen molar-refractivity contribution in [3.05, 3.63) is 138 Å². The monoisotopic (exact) mass is 376 g/mol. The number of hydrazone groups is 1. The third-order valence-electron chi connectivity index (χ3n) is 5.39. The lowest BCUT2D eigenvalue weighted by molar-refractivity contribution is -0.612. The highest BCUT2D eigenvalue weighted by Gasteiger charge is 2.51. The zero-order valence-corrected chi connectivity index (χ0v) is 16.0. The van der Waals surface area contributed by atoms with Crippen LogP contribution in [0.15, 0.2) is 126 Å². The Morgan fingerprint density at radius 3 is 1.52 bits per heavy atom. The zero-order chi connectivity index (χ0) is 19.5. The van der Waals surface area contributed by atoms with Crippen LogP contribution in [0.3, 0.4) is 0 Å². The Labute approximate surface area is 171 Å². The summed E-state index contributed by atoms with van der Waals surface area (Å²) in [6.45, 7) is 0. The number of hydrogen-bond donors (Lipinski definition) is 1. The van der Waals surface area contributed by atoms with Gasteiger partial charge in [0, 0.05) is 11.1 Å². The van der Waals surface area contributed by atoms with Gasteiger partial charge in [0.2, 0.25) is 5.66 Å². The lowest BCUT2D eigenvalue weighted by Crippen LogP contribution is -2.98. The van der Waals surface area contributed by atoms with Crippen LogP contribution in [0, 0.1) is 0 Å². The van der Waals surface area contributed by atoms with Gasteiger partial charge in [0.25, 0.3) is 5.84 Å². The second kappa shape index (κ2) is 7.38. The van der Waals surface area contributed by atoms with Crippen LogP contribution in [0.5, 0.6) is 0 Å². The predicted octanol–water partition coefficient (Wildman–Crippen LogP) is 4.33. The predicted molar refractivity (Wildman–Crippen MR) is 117 cm³/mol. The summed E-state index contributed by atoms with van der Waals surface area (Å²) in [5.41, 5.74) is 4.02. The first-order chi connectivity index (χ1) is 14.4. The molecule has 0 fully saturated rings. The van der Waals surface area contributed by atoms with Gasteiger partial charge in [-0.15, -0.1) is 5.10 Å². The summed E-state index contributed by atoms with van der Waals surface area (Å²) in [6.07, 6.45) is 0. The highest BCUT2D eigenvalue weighted by atomic mass is 15.6. The van der Waals surface area contributed by atoms with Crippen LogP contribution in [0.2, 0.25) is 0 Å². The maximum atomic E-state index is 5.13. The molecule has 3 heteroatoms. The molecule has 0 radical (unpaired) electrons. The molecule has 0 amide bonds. The third kappa shape index (κ3) is 3.02. The van der Waals surface area contributed by atoms with E-state index in [9.17, 15) is 0 Å². The average Bonchev–Trinajstić information content (AvgIpc) is 3.23. The van der Waals surface area contributed by atoms with Gasteiger partial charge in [-0.2, -0.15) is 5.01 Å². The summed E-state index contributed by atoms with van der Waals surface area (Å²) < 4.78 is 0. The quantitative estimate of drug-likeness (QED) is 0.565. The molecule has 5 rings (SSSR count). The second-order valence-electron chi connectivity index (χ2n) is 7.14. The summed E-state index contributed by atoms with van der Waals surface area (Å²) in [7, 11) is 0. The highest BCUT2D eigenvalue weighted by molar-refractivity contribution is 5.94. The molecule has 29 heavy (non-hydrogen) atoms. The van der Waals surface area contributed by atoms with E-state index in [-0.39, 0.29) is 0 Å². The molecule has 1 aliphatic rings. The van der Waals surface area contributed by atoms with Crippen molar-refractivity contribution in [3.63, 3.8) is 0 Å². The number of para-hydroxylation sites is 1. The summed E-state index contributed by atoms with van der Waals surface area (Å²) in [4.78, 5) is 0. The van der Waals surface area contributed by atoms with Crippen LogP contribution in [0.4, 0.5) is 5.69 Å². The van der Waals surface area contributed by atoms with Gasteiger partial charge < -0.3 is 0 Å². The molecule has 3 nitrogen and oxygen atoms in total. The number of nitrogens with two attached hydrogens (primary N) is 1. The number of hydrogen-bond acceptors (Lipinski definition) is 2. The van der Waals surface area contributed by atoms with Gasteiger partial charge in [0.05, 0.1) is 11.3 Å². The maximum Gasteiger partial charge on any atom is 0.251 e. The van der Waals surface area contributed by atoms with Gasteiger partial charge in [-0.1, -0.05) is 97.1 Å². The molecule has 4 aromatic rings. The number of quaternary nitrogens is 1. The molecule has 0 bridgehead atoms. The Hall–Kier alpha value is -3.69. The highest BCUT2D eigenvalue weighted by Crippen LogP contribution is 2.36. The van der Waals surface area contributed by atoms with Crippen LogP contribution in [0.1, 0.15) is 16.7 Å². The minimum atomic E-state index is -0.519. The standard InChI is InChI=1S/C26H21N3/c1-5-13-21(14-6-1)25-27-26(22-15-7-2-8-16-22,23-17-9-3-10-18-23)29(28-25)24-19-11-4-12-20-24/h1-20H,(H,27,28)/p+1. The summed E-state index contributed by atoms with van der Waals surface area (Å²) in [6, 6.07) is 42.0. The normalized spacial score (nSPS) is 15.2. The fraction of sp³-hybridized carbons (Fsp3) is 0.0385. The van der Waals surface area contributed by atoms with Gasteiger partial charge in [0.1, 0.15) is 0 Å². The van der Waals surface area contributed by atoms with Crippen molar-refractivity contribution in [2.75, 3.05) is 5.01 Å². The molecule has 0 aliphatic carbocycles. The fourth-order valence-corrected chi connectivity index (χ4v) is 4.02. The molecule has 1 heterocycles. The van der Waals surface area contributed by atoms with Crippen molar-refractivity contribution >= 4 is 11.5 Å². The molecule has 140 valence electrons. The van der Waals surface area contributed by atoms with Gasteiger partial charge >= 0.3 is 0 Å². The van der Waals surface area contributed by atoms with Crippen LogP contribution in [-0.2, 0) is 5.66 Å². The second-order valence-corrected chi connectivity index (χ2v) is 7.14. The van der Waals surface area contributed by atoms with E-state index in [2.05, 4.69) is 120 Å². The molecule has 0 spiro atoms. The molecule has 0 unspecified atom stereocenters. The lowest BCUT2D eigenvalue weighted by Gasteiger charge is -2.34. The van der Waals surface area contributed by atoms with Gasteiger partial charge in [-0.3, -0.25) is 5.32 Å². The van der Waals surface area contributed by atoms with Crippen molar-refractivity contribution in [3.8, 4) is 0 Å². The van der Waals surface area contributed by atoms with Crippen molar-refractivity contribution < 1.29 is 5.32 Å². The number of rotatable bonds is 4. The van der Waals surface area contributed by atoms with Crippen molar-refractivity contribution in [2.24, 2.45) is 5.10 Å². The zero-order valence-electron chi connectivity index (χ0n) is 16.0. The van der Waals surface area contributed by atoms with E-state index in [1.807, 2.05) is 12.1 Å². The third-order valence-corrected chi connectivity index (χ3v) is 5.39. The van der Waals surface area contributed by atoms with Gasteiger partial charge in [-0.05, 0) is 24.3 Å². The van der Waals surface area contributed by atoms with Crippen molar-refractivity contribution in [1.82, 2.24) is 0 Å². The molecule has 4 aromatic carbocycles. The molecule has 0 saturated carbocycles. The van der Waals surface area contributed by atoms with Crippen LogP contribution in [0.25, 0.3) is 0 Å². The van der Waals surface area contributed by atoms with E-state index in [1.165, 1.54) is 11.1 Å². The van der Waals surface area contributed by atoms with E-state index in [1.54, 1.807) is 0 Å². The van der Waals surface area contributed by atoms with Crippen molar-refractivity contribution in [1.29, 1.82) is 0 Å². The van der Waals surface area contributed by atoms with E-state index >= 15 is 0 Å². The Morgan fingerprint density at radius 1 is 0.552 bits per heavy atom. The van der Waals surface area contributed by atoms with Gasteiger partial charge in [-0.25, -0.2) is 0 Å². The Bertz CT molecular complexity index is 1070. The molecule has 1 aliphatic heterocycles. The number of amidine groups is 1.